The molecule has 0 amide bonds. The van der Waals surface area contributed by atoms with Gasteiger partial charge in [0, 0.05) is 19.0 Å². The molecule has 1 aliphatic rings. The quantitative estimate of drug-likeness (QED) is 0.804. The molecular weight excluding hydrogens is 298 g/mol. The first kappa shape index (κ1) is 15.8. The fourth-order valence-electron chi connectivity index (χ4n) is 2.36. The van der Waals surface area contributed by atoms with E-state index in [1.807, 2.05) is 20.8 Å². The molecule has 1 heterocycles. The van der Waals surface area contributed by atoms with Crippen LogP contribution in [-0.4, -0.2) is 43.4 Å². The molecule has 0 saturated carbocycles. The molecule has 1 saturated heterocycles. The molecule has 0 aromatic heterocycles. The summed E-state index contributed by atoms with van der Waals surface area (Å²) >= 11 is 5.84. The Kier molecular flexibility index (Phi) is 4.44. The maximum Gasteiger partial charge on any atom is 0.243 e. The van der Waals surface area contributed by atoms with Crippen molar-refractivity contribution in [3.05, 3.63) is 29.8 Å². The van der Waals surface area contributed by atoms with Gasteiger partial charge in [0.25, 0.3) is 0 Å². The minimum atomic E-state index is -3.50. The lowest BCUT2D eigenvalue weighted by Crippen LogP contribution is -2.55. The molecule has 4 nitrogen and oxygen atoms in total. The lowest BCUT2D eigenvalue weighted by Gasteiger charge is -2.41. The van der Waals surface area contributed by atoms with Gasteiger partial charge in [0.05, 0.1) is 16.6 Å². The number of ether oxygens (including phenoxy) is 1. The van der Waals surface area contributed by atoms with Crippen LogP contribution in [0.2, 0.25) is 0 Å². The van der Waals surface area contributed by atoms with Crippen LogP contribution in [0, 0.1) is 6.92 Å². The fourth-order valence-corrected chi connectivity index (χ4v) is 4.15. The standard InChI is InChI=1S/C14H20ClNO3S/c1-11-4-6-13(7-5-11)20(17,18)16-9-12(8-15)19-14(2,3)10-16/h4-7,12H,8-10H2,1-3H3. The van der Waals surface area contributed by atoms with Crippen LogP contribution in [0.15, 0.2) is 29.2 Å². The summed E-state index contributed by atoms with van der Waals surface area (Å²) in [5, 5.41) is 0. The van der Waals surface area contributed by atoms with E-state index in [-0.39, 0.29) is 12.0 Å². The van der Waals surface area contributed by atoms with Gasteiger partial charge < -0.3 is 4.74 Å². The number of alkyl halides is 1. The molecule has 1 fully saturated rings. The largest absolute Gasteiger partial charge is 0.368 e. The second-order valence-electron chi connectivity index (χ2n) is 5.76. The zero-order chi connectivity index (χ0) is 15.0. The van der Waals surface area contributed by atoms with Crippen LogP contribution in [0.4, 0.5) is 0 Å². The van der Waals surface area contributed by atoms with Gasteiger partial charge in [-0.1, -0.05) is 17.7 Å². The Morgan fingerprint density at radius 1 is 1.35 bits per heavy atom. The second-order valence-corrected chi connectivity index (χ2v) is 8.01. The van der Waals surface area contributed by atoms with Gasteiger partial charge in [-0.25, -0.2) is 8.42 Å². The average molecular weight is 318 g/mol. The minimum Gasteiger partial charge on any atom is -0.368 e. The van der Waals surface area contributed by atoms with Gasteiger partial charge in [-0.15, -0.1) is 11.6 Å². The zero-order valence-corrected chi connectivity index (χ0v) is 13.5. The van der Waals surface area contributed by atoms with Crippen molar-refractivity contribution in [1.29, 1.82) is 0 Å². The molecule has 0 radical (unpaired) electrons. The van der Waals surface area contributed by atoms with Crippen LogP contribution in [0.1, 0.15) is 19.4 Å². The molecule has 1 aliphatic heterocycles. The Bertz CT molecular complexity index is 569. The number of aryl methyl sites for hydroxylation is 1. The summed E-state index contributed by atoms with van der Waals surface area (Å²) < 4.78 is 32.6. The predicted octanol–water partition coefficient (Wildman–Crippen LogP) is 2.40. The van der Waals surface area contributed by atoms with Crippen molar-refractivity contribution >= 4 is 21.6 Å². The van der Waals surface area contributed by atoms with E-state index in [1.165, 1.54) is 4.31 Å². The van der Waals surface area contributed by atoms with Gasteiger partial charge >= 0.3 is 0 Å². The normalized spacial score (nSPS) is 23.7. The van der Waals surface area contributed by atoms with E-state index in [4.69, 9.17) is 16.3 Å². The van der Waals surface area contributed by atoms with Crippen molar-refractivity contribution in [3.63, 3.8) is 0 Å². The fraction of sp³-hybridized carbons (Fsp3) is 0.571. The SMILES string of the molecule is Cc1ccc(S(=O)(=O)N2CC(CCl)OC(C)(C)C2)cc1. The lowest BCUT2D eigenvalue weighted by atomic mass is 10.1. The highest BCUT2D eigenvalue weighted by Crippen LogP contribution is 2.27. The average Bonchev–Trinajstić information content (AvgIpc) is 2.37. The number of rotatable bonds is 3. The van der Waals surface area contributed by atoms with Crippen molar-refractivity contribution in [1.82, 2.24) is 4.31 Å². The number of nitrogens with zero attached hydrogens (tertiary/aromatic N) is 1. The van der Waals surface area contributed by atoms with Crippen LogP contribution in [-0.2, 0) is 14.8 Å². The third kappa shape index (κ3) is 3.34. The maximum absolute atomic E-state index is 12.7. The molecule has 1 aromatic carbocycles. The summed E-state index contributed by atoms with van der Waals surface area (Å²) in [4.78, 5) is 0.314. The molecule has 0 aliphatic carbocycles. The van der Waals surface area contributed by atoms with Crippen LogP contribution < -0.4 is 0 Å². The maximum atomic E-state index is 12.7. The molecular formula is C14H20ClNO3S. The van der Waals surface area contributed by atoms with Crippen LogP contribution in [0.5, 0.6) is 0 Å². The lowest BCUT2D eigenvalue weighted by molar-refractivity contribution is -0.107. The van der Waals surface area contributed by atoms with Crippen molar-refractivity contribution in [3.8, 4) is 0 Å². The Morgan fingerprint density at radius 2 is 1.95 bits per heavy atom. The van der Waals surface area contributed by atoms with Crippen LogP contribution in [0.3, 0.4) is 0 Å². The molecule has 0 spiro atoms. The van der Waals surface area contributed by atoms with Gasteiger partial charge in [-0.2, -0.15) is 4.31 Å². The summed E-state index contributed by atoms with van der Waals surface area (Å²) in [6.07, 6.45) is -0.277. The van der Waals surface area contributed by atoms with Gasteiger partial charge in [0.2, 0.25) is 10.0 Å². The highest BCUT2D eigenvalue weighted by Gasteiger charge is 2.39. The van der Waals surface area contributed by atoms with E-state index in [0.717, 1.165) is 5.56 Å². The minimum absolute atomic E-state index is 0.277. The number of sulfonamides is 1. The van der Waals surface area contributed by atoms with Crippen molar-refractivity contribution in [2.45, 2.75) is 37.4 Å². The number of morpholine rings is 1. The van der Waals surface area contributed by atoms with E-state index in [9.17, 15) is 8.42 Å². The van der Waals surface area contributed by atoms with Crippen molar-refractivity contribution < 1.29 is 13.2 Å². The van der Waals surface area contributed by atoms with E-state index >= 15 is 0 Å². The van der Waals surface area contributed by atoms with Gasteiger partial charge in [-0.3, -0.25) is 0 Å². The van der Waals surface area contributed by atoms with E-state index in [2.05, 4.69) is 0 Å². The van der Waals surface area contributed by atoms with E-state index < -0.39 is 15.6 Å². The third-order valence-electron chi connectivity index (χ3n) is 3.28. The molecule has 20 heavy (non-hydrogen) atoms. The number of hydrogen-bond acceptors (Lipinski definition) is 3. The van der Waals surface area contributed by atoms with Crippen LogP contribution in [0.25, 0.3) is 0 Å². The molecule has 1 aromatic rings. The third-order valence-corrected chi connectivity index (χ3v) is 5.45. The van der Waals surface area contributed by atoms with E-state index in [1.54, 1.807) is 24.3 Å². The highest BCUT2D eigenvalue weighted by molar-refractivity contribution is 7.89. The van der Waals surface area contributed by atoms with E-state index in [0.29, 0.717) is 18.0 Å². The molecule has 1 unspecified atom stereocenters. The Labute approximate surface area is 125 Å². The molecule has 6 heteroatoms. The van der Waals surface area contributed by atoms with Gasteiger partial charge in [0.1, 0.15) is 0 Å². The molecule has 112 valence electrons. The zero-order valence-electron chi connectivity index (χ0n) is 12.0. The molecule has 0 N–H and O–H groups in total. The Balaban J connectivity index is 2.31. The monoisotopic (exact) mass is 317 g/mol. The molecule has 1 atom stereocenters. The Hall–Kier alpha value is -0.620. The summed E-state index contributed by atoms with van der Waals surface area (Å²) in [5.74, 6) is 0.281. The first-order valence-corrected chi connectivity index (χ1v) is 8.53. The number of hydrogen-bond donors (Lipinski definition) is 0. The molecule has 0 bridgehead atoms. The van der Waals surface area contributed by atoms with Gasteiger partial charge in [0.15, 0.2) is 0 Å². The van der Waals surface area contributed by atoms with Crippen LogP contribution >= 0.6 is 11.6 Å². The number of halogens is 1. The molecule has 2 rings (SSSR count). The summed E-state index contributed by atoms with van der Waals surface area (Å²) in [6.45, 7) is 6.31. The number of benzene rings is 1. The summed E-state index contributed by atoms with van der Waals surface area (Å²) in [7, 11) is -3.50. The van der Waals surface area contributed by atoms with Gasteiger partial charge in [-0.05, 0) is 32.9 Å². The highest BCUT2D eigenvalue weighted by atomic mass is 35.5. The first-order valence-electron chi connectivity index (χ1n) is 6.55. The van der Waals surface area contributed by atoms with Crippen molar-refractivity contribution in [2.24, 2.45) is 0 Å². The Morgan fingerprint density at radius 3 is 2.50 bits per heavy atom. The topological polar surface area (TPSA) is 46.6 Å². The predicted molar refractivity (Wildman–Crippen MR) is 79.6 cm³/mol. The van der Waals surface area contributed by atoms with Crippen molar-refractivity contribution in [2.75, 3.05) is 19.0 Å². The first-order chi connectivity index (χ1) is 9.24. The summed E-state index contributed by atoms with van der Waals surface area (Å²) in [6, 6.07) is 6.89. The summed E-state index contributed by atoms with van der Waals surface area (Å²) in [5.41, 5.74) is 0.500. The second kappa shape index (κ2) is 5.64. The smallest absolute Gasteiger partial charge is 0.243 e.